The monoisotopic (exact) mass is 460 g/mol. The number of benzene rings is 3. The van der Waals surface area contributed by atoms with Crippen molar-refractivity contribution in [3.8, 4) is 0 Å². The number of fused-ring (bicyclic) bond motifs is 1. The molecular weight excluding hydrogens is 436 g/mol. The van der Waals surface area contributed by atoms with Gasteiger partial charge in [-0.05, 0) is 24.3 Å². The summed E-state index contributed by atoms with van der Waals surface area (Å²) in [5.41, 5.74) is 1.62. The Balaban J connectivity index is 1.40. The molecule has 2 saturated heterocycles. The molecule has 0 amide bonds. The van der Waals surface area contributed by atoms with Gasteiger partial charge in [0.15, 0.2) is 18.5 Å². The molecule has 5 rings (SSSR count). The molecule has 2 heterocycles. The normalized spacial score (nSPS) is 26.2. The van der Waals surface area contributed by atoms with E-state index in [2.05, 4.69) is 0 Å². The second-order valence-electron chi connectivity index (χ2n) is 8.09. The Morgan fingerprint density at radius 1 is 0.676 bits per heavy atom. The van der Waals surface area contributed by atoms with Crippen molar-refractivity contribution in [3.05, 3.63) is 108 Å². The van der Waals surface area contributed by atoms with Gasteiger partial charge in [-0.15, -0.1) is 0 Å². The third-order valence-corrected chi connectivity index (χ3v) is 5.82. The summed E-state index contributed by atoms with van der Waals surface area (Å²) in [6.45, 7) is 0.304. The Bertz CT molecular complexity index is 1100. The molecule has 2 aliphatic heterocycles. The molecule has 0 aliphatic carbocycles. The molecule has 7 heteroatoms. The van der Waals surface area contributed by atoms with E-state index >= 15 is 0 Å². The molecule has 0 bridgehead atoms. The van der Waals surface area contributed by atoms with Crippen LogP contribution in [0.5, 0.6) is 0 Å². The Kier molecular flexibility index (Phi) is 6.67. The van der Waals surface area contributed by atoms with Crippen LogP contribution >= 0.6 is 0 Å². The third kappa shape index (κ3) is 4.87. The predicted molar refractivity (Wildman–Crippen MR) is 121 cm³/mol. The highest BCUT2D eigenvalue weighted by Gasteiger charge is 2.49. The van der Waals surface area contributed by atoms with E-state index in [0.717, 1.165) is 5.56 Å². The van der Waals surface area contributed by atoms with Crippen LogP contribution in [-0.4, -0.2) is 49.6 Å². The highest BCUT2D eigenvalue weighted by atomic mass is 16.7. The van der Waals surface area contributed by atoms with E-state index in [0.29, 0.717) is 11.1 Å². The van der Waals surface area contributed by atoms with E-state index in [-0.39, 0.29) is 13.2 Å². The van der Waals surface area contributed by atoms with Crippen LogP contribution in [0.3, 0.4) is 0 Å². The maximum atomic E-state index is 12.9. The summed E-state index contributed by atoms with van der Waals surface area (Å²) < 4.78 is 29.7. The molecule has 0 spiro atoms. The van der Waals surface area contributed by atoms with Crippen LogP contribution in [0.15, 0.2) is 91.0 Å². The predicted octanol–water partition coefficient (Wildman–Crippen LogP) is 3.95. The lowest BCUT2D eigenvalue weighted by atomic mass is 9.98. The molecule has 3 aromatic rings. The summed E-state index contributed by atoms with van der Waals surface area (Å²) in [6, 6.07) is 26.8. The van der Waals surface area contributed by atoms with Crippen molar-refractivity contribution in [1.29, 1.82) is 0 Å². The van der Waals surface area contributed by atoms with Gasteiger partial charge in [0.1, 0.15) is 12.2 Å². The molecule has 0 saturated carbocycles. The summed E-state index contributed by atoms with van der Waals surface area (Å²) in [5, 5.41) is 0. The molecule has 0 N–H and O–H groups in total. The van der Waals surface area contributed by atoms with Crippen molar-refractivity contribution in [1.82, 2.24) is 0 Å². The average Bonchev–Trinajstić information content (AvgIpc) is 2.91. The quantitative estimate of drug-likeness (QED) is 0.534. The molecule has 5 atom stereocenters. The van der Waals surface area contributed by atoms with E-state index in [9.17, 15) is 9.59 Å². The van der Waals surface area contributed by atoms with E-state index in [1.54, 1.807) is 48.5 Å². The van der Waals surface area contributed by atoms with Gasteiger partial charge in [-0.1, -0.05) is 66.7 Å². The number of hydrogen-bond acceptors (Lipinski definition) is 7. The van der Waals surface area contributed by atoms with Crippen LogP contribution in [0.4, 0.5) is 0 Å². The van der Waals surface area contributed by atoms with Gasteiger partial charge in [-0.2, -0.15) is 0 Å². The highest BCUT2D eigenvalue weighted by molar-refractivity contribution is 5.90. The van der Waals surface area contributed by atoms with Gasteiger partial charge in [0.2, 0.25) is 0 Å². The lowest BCUT2D eigenvalue weighted by Crippen LogP contribution is -2.60. The number of ether oxygens (including phenoxy) is 5. The van der Waals surface area contributed by atoms with Crippen molar-refractivity contribution in [2.45, 2.75) is 30.7 Å². The number of esters is 2. The largest absolute Gasteiger partial charge is 0.452 e. The number of rotatable bonds is 5. The maximum absolute atomic E-state index is 12.9. The molecule has 2 fully saturated rings. The molecule has 1 unspecified atom stereocenters. The van der Waals surface area contributed by atoms with Crippen LogP contribution in [0, 0.1) is 0 Å². The molecule has 7 nitrogen and oxygen atoms in total. The topological polar surface area (TPSA) is 80.3 Å². The molecular formula is C27H24O7. The van der Waals surface area contributed by atoms with Gasteiger partial charge in [0.05, 0.1) is 24.3 Å². The minimum Gasteiger partial charge on any atom is -0.452 e. The first-order chi connectivity index (χ1) is 16.7. The number of carbonyl (C=O) groups is 2. The summed E-state index contributed by atoms with van der Waals surface area (Å²) in [4.78, 5) is 25.7. The first-order valence-corrected chi connectivity index (χ1v) is 11.1. The Hall–Kier alpha value is -3.52. The van der Waals surface area contributed by atoms with Crippen LogP contribution < -0.4 is 0 Å². The van der Waals surface area contributed by atoms with E-state index in [1.807, 2.05) is 42.5 Å². The van der Waals surface area contributed by atoms with Crippen LogP contribution in [0.2, 0.25) is 0 Å². The van der Waals surface area contributed by atoms with Crippen LogP contribution in [0.25, 0.3) is 0 Å². The molecule has 174 valence electrons. The van der Waals surface area contributed by atoms with Gasteiger partial charge >= 0.3 is 11.9 Å². The zero-order valence-electron chi connectivity index (χ0n) is 18.3. The standard InChI is InChI=1S/C27H24O7/c28-25(18-10-4-1-5-11-18)32-22-17-30-21-16-31-27(20-14-8-3-9-15-20)34-23(21)24(22)33-26(29)19-12-6-2-7-13-19/h1-15,21-24,27H,16-17H2/t21-,22+,23+,24+,27?/m1/s1. The van der Waals surface area contributed by atoms with Crippen molar-refractivity contribution < 1.29 is 33.3 Å². The SMILES string of the molecule is O=C(O[C@@H]1[C@H]2OC(c3ccccc3)OC[C@H]2OC[C@@H]1OC(=O)c1ccccc1)c1ccccc1. The Morgan fingerprint density at radius 2 is 1.24 bits per heavy atom. The molecule has 3 aromatic carbocycles. The van der Waals surface area contributed by atoms with E-state index in [1.165, 1.54) is 0 Å². The fraction of sp³-hybridized carbons (Fsp3) is 0.259. The van der Waals surface area contributed by atoms with Crippen molar-refractivity contribution in [3.63, 3.8) is 0 Å². The smallest absolute Gasteiger partial charge is 0.338 e. The first kappa shape index (κ1) is 22.3. The summed E-state index contributed by atoms with van der Waals surface area (Å²) >= 11 is 0. The van der Waals surface area contributed by atoms with E-state index in [4.69, 9.17) is 23.7 Å². The zero-order chi connectivity index (χ0) is 23.3. The minimum absolute atomic E-state index is 0.0508. The molecule has 0 aromatic heterocycles. The second kappa shape index (κ2) is 10.2. The summed E-state index contributed by atoms with van der Waals surface area (Å²) in [6.07, 6.45) is -3.55. The minimum atomic E-state index is -0.880. The second-order valence-corrected chi connectivity index (χ2v) is 8.09. The first-order valence-electron chi connectivity index (χ1n) is 11.1. The van der Waals surface area contributed by atoms with Gasteiger partial charge in [0, 0.05) is 5.56 Å². The van der Waals surface area contributed by atoms with Crippen molar-refractivity contribution in [2.24, 2.45) is 0 Å². The number of carbonyl (C=O) groups excluding carboxylic acids is 2. The fourth-order valence-electron chi connectivity index (χ4n) is 4.08. The third-order valence-electron chi connectivity index (χ3n) is 5.82. The van der Waals surface area contributed by atoms with Crippen molar-refractivity contribution in [2.75, 3.05) is 13.2 Å². The van der Waals surface area contributed by atoms with Gasteiger partial charge in [0.25, 0.3) is 0 Å². The molecule has 34 heavy (non-hydrogen) atoms. The highest BCUT2D eigenvalue weighted by Crippen LogP contribution is 2.34. The maximum Gasteiger partial charge on any atom is 0.338 e. The van der Waals surface area contributed by atoms with Crippen molar-refractivity contribution >= 4 is 11.9 Å². The Labute approximate surface area is 197 Å². The molecule has 2 aliphatic rings. The Morgan fingerprint density at radius 3 is 1.85 bits per heavy atom. The van der Waals surface area contributed by atoms with Gasteiger partial charge < -0.3 is 23.7 Å². The fourth-order valence-corrected chi connectivity index (χ4v) is 4.08. The van der Waals surface area contributed by atoms with Gasteiger partial charge in [-0.3, -0.25) is 0 Å². The zero-order valence-corrected chi connectivity index (χ0v) is 18.3. The van der Waals surface area contributed by atoms with Crippen LogP contribution in [0.1, 0.15) is 32.6 Å². The lowest BCUT2D eigenvalue weighted by Gasteiger charge is -2.45. The van der Waals surface area contributed by atoms with Gasteiger partial charge in [-0.25, -0.2) is 9.59 Å². The summed E-state index contributed by atoms with van der Waals surface area (Å²) in [7, 11) is 0. The number of hydrogen-bond donors (Lipinski definition) is 0. The van der Waals surface area contributed by atoms with E-state index < -0.39 is 42.6 Å². The summed E-state index contributed by atoms with van der Waals surface area (Å²) in [5.74, 6) is -1.06. The molecule has 0 radical (unpaired) electrons. The lowest BCUT2D eigenvalue weighted by molar-refractivity contribution is -0.312. The van der Waals surface area contributed by atoms with Crippen LogP contribution in [-0.2, 0) is 23.7 Å². The average molecular weight is 460 g/mol.